The van der Waals surface area contributed by atoms with Crippen molar-refractivity contribution in [1.82, 2.24) is 14.7 Å². The lowest BCUT2D eigenvalue weighted by atomic mass is 10.1. The molecule has 2 aromatic heterocycles. The van der Waals surface area contributed by atoms with Crippen LogP contribution in [-0.2, 0) is 4.79 Å². The van der Waals surface area contributed by atoms with E-state index in [0.717, 1.165) is 23.5 Å². The highest BCUT2D eigenvalue weighted by Crippen LogP contribution is 2.19. The van der Waals surface area contributed by atoms with Crippen molar-refractivity contribution < 1.29 is 4.79 Å². The Kier molecular flexibility index (Phi) is 4.80. The minimum Gasteiger partial charge on any atom is -0.353 e. The van der Waals surface area contributed by atoms with Crippen molar-refractivity contribution in [1.29, 1.82) is 0 Å². The van der Waals surface area contributed by atoms with Gasteiger partial charge in [0.05, 0.1) is 17.5 Å². The summed E-state index contributed by atoms with van der Waals surface area (Å²) in [5.74, 6) is 0.560. The fourth-order valence-electron chi connectivity index (χ4n) is 2.85. The second kappa shape index (κ2) is 6.98. The SMILES string of the molecule is O=C(CSc1ncc2ccccn12)NC1CCCCCC1. The van der Waals surface area contributed by atoms with Gasteiger partial charge in [-0.05, 0) is 25.0 Å². The lowest BCUT2D eigenvalue weighted by molar-refractivity contribution is -0.119. The lowest BCUT2D eigenvalue weighted by Crippen LogP contribution is -2.35. The number of imidazole rings is 1. The number of thioether (sulfide) groups is 1. The van der Waals surface area contributed by atoms with Crippen molar-refractivity contribution in [2.75, 3.05) is 5.75 Å². The highest BCUT2D eigenvalue weighted by atomic mass is 32.2. The molecule has 0 aliphatic heterocycles. The highest BCUT2D eigenvalue weighted by Gasteiger charge is 2.15. The number of fused-ring (bicyclic) bond motifs is 1. The quantitative estimate of drug-likeness (QED) is 0.696. The Morgan fingerprint density at radius 1 is 1.29 bits per heavy atom. The number of hydrogen-bond donors (Lipinski definition) is 1. The van der Waals surface area contributed by atoms with E-state index < -0.39 is 0 Å². The first kappa shape index (κ1) is 14.4. The molecule has 2 aromatic rings. The van der Waals surface area contributed by atoms with Gasteiger partial charge in [0.1, 0.15) is 0 Å². The summed E-state index contributed by atoms with van der Waals surface area (Å²) in [4.78, 5) is 16.5. The van der Waals surface area contributed by atoms with Gasteiger partial charge < -0.3 is 5.32 Å². The van der Waals surface area contributed by atoms with Crippen molar-refractivity contribution in [3.05, 3.63) is 30.6 Å². The molecule has 0 aromatic carbocycles. The zero-order valence-corrected chi connectivity index (χ0v) is 12.9. The van der Waals surface area contributed by atoms with Gasteiger partial charge in [0.15, 0.2) is 5.16 Å². The second-order valence-corrected chi connectivity index (χ2v) is 6.52. The molecular weight excluding hydrogens is 282 g/mol. The number of aromatic nitrogens is 2. The van der Waals surface area contributed by atoms with E-state index in [-0.39, 0.29) is 5.91 Å². The topological polar surface area (TPSA) is 46.4 Å². The standard InChI is InChI=1S/C16H21N3OS/c20-15(18-13-7-3-1-2-4-8-13)12-21-16-17-11-14-9-5-6-10-19(14)16/h5-6,9-11,13H,1-4,7-8,12H2,(H,18,20). The maximum Gasteiger partial charge on any atom is 0.230 e. The van der Waals surface area contributed by atoms with Crippen LogP contribution in [0.2, 0.25) is 0 Å². The van der Waals surface area contributed by atoms with Gasteiger partial charge in [-0.15, -0.1) is 0 Å². The maximum absolute atomic E-state index is 12.1. The first-order valence-corrected chi connectivity index (χ1v) is 8.66. The van der Waals surface area contributed by atoms with E-state index in [1.54, 1.807) is 0 Å². The van der Waals surface area contributed by atoms with Crippen molar-refractivity contribution >= 4 is 23.2 Å². The monoisotopic (exact) mass is 303 g/mol. The van der Waals surface area contributed by atoms with E-state index in [9.17, 15) is 4.79 Å². The van der Waals surface area contributed by atoms with Gasteiger partial charge in [-0.2, -0.15) is 0 Å². The molecule has 0 spiro atoms. The minimum absolute atomic E-state index is 0.125. The van der Waals surface area contributed by atoms with Gasteiger partial charge in [0, 0.05) is 12.2 Å². The Morgan fingerprint density at radius 2 is 2.10 bits per heavy atom. The number of nitrogens with one attached hydrogen (secondary N) is 1. The van der Waals surface area contributed by atoms with Crippen molar-refractivity contribution in [3.8, 4) is 0 Å². The normalized spacial score (nSPS) is 16.8. The first-order chi connectivity index (χ1) is 10.3. The van der Waals surface area contributed by atoms with Crippen LogP contribution in [0.1, 0.15) is 38.5 Å². The average Bonchev–Trinajstić information content (AvgIpc) is 2.74. The molecule has 1 aliphatic carbocycles. The largest absolute Gasteiger partial charge is 0.353 e. The molecule has 2 heterocycles. The van der Waals surface area contributed by atoms with Crippen molar-refractivity contribution in [3.63, 3.8) is 0 Å². The van der Waals surface area contributed by atoms with E-state index in [0.29, 0.717) is 11.8 Å². The van der Waals surface area contributed by atoms with E-state index in [1.807, 2.05) is 35.0 Å². The number of pyridine rings is 1. The number of nitrogens with zero attached hydrogens (tertiary/aromatic N) is 2. The fourth-order valence-corrected chi connectivity index (χ4v) is 3.63. The van der Waals surface area contributed by atoms with Crippen molar-refractivity contribution in [2.24, 2.45) is 0 Å². The fraction of sp³-hybridized carbons (Fsp3) is 0.500. The average molecular weight is 303 g/mol. The summed E-state index contributed by atoms with van der Waals surface area (Å²) < 4.78 is 2.02. The van der Waals surface area contributed by atoms with Crippen LogP contribution in [0.5, 0.6) is 0 Å². The summed E-state index contributed by atoms with van der Waals surface area (Å²) in [6, 6.07) is 6.36. The number of carbonyl (C=O) groups is 1. The molecule has 1 aliphatic rings. The molecule has 1 amide bonds. The van der Waals surface area contributed by atoms with Gasteiger partial charge in [-0.25, -0.2) is 4.98 Å². The molecule has 0 radical (unpaired) electrons. The molecule has 1 N–H and O–H groups in total. The molecule has 1 fully saturated rings. The molecule has 4 nitrogen and oxygen atoms in total. The summed E-state index contributed by atoms with van der Waals surface area (Å²) in [7, 11) is 0. The molecule has 0 bridgehead atoms. The molecule has 0 atom stereocenters. The Hall–Kier alpha value is -1.49. The third kappa shape index (κ3) is 3.79. The number of carbonyl (C=O) groups excluding carboxylic acids is 1. The number of amides is 1. The Labute approximate surface area is 129 Å². The summed E-state index contributed by atoms with van der Waals surface area (Å²) >= 11 is 1.50. The van der Waals surface area contributed by atoms with E-state index in [1.165, 1.54) is 37.4 Å². The van der Waals surface area contributed by atoms with Crippen LogP contribution in [0.4, 0.5) is 0 Å². The molecule has 0 saturated heterocycles. The summed E-state index contributed by atoms with van der Waals surface area (Å²) in [5, 5.41) is 4.05. The summed E-state index contributed by atoms with van der Waals surface area (Å²) in [6.45, 7) is 0. The highest BCUT2D eigenvalue weighted by molar-refractivity contribution is 7.99. The lowest BCUT2D eigenvalue weighted by Gasteiger charge is -2.15. The van der Waals surface area contributed by atoms with Gasteiger partial charge in [0.25, 0.3) is 0 Å². The second-order valence-electron chi connectivity index (χ2n) is 5.58. The van der Waals surface area contributed by atoms with Gasteiger partial charge in [0.2, 0.25) is 5.91 Å². The molecule has 21 heavy (non-hydrogen) atoms. The predicted molar refractivity (Wildman–Crippen MR) is 85.5 cm³/mol. The minimum atomic E-state index is 0.125. The zero-order valence-electron chi connectivity index (χ0n) is 12.1. The van der Waals surface area contributed by atoms with Crippen LogP contribution >= 0.6 is 11.8 Å². The van der Waals surface area contributed by atoms with E-state index in [2.05, 4.69) is 10.3 Å². The van der Waals surface area contributed by atoms with Gasteiger partial charge in [-0.3, -0.25) is 9.20 Å². The van der Waals surface area contributed by atoms with Crippen LogP contribution in [0.15, 0.2) is 35.7 Å². The third-order valence-corrected chi connectivity index (χ3v) is 4.92. The van der Waals surface area contributed by atoms with Crippen LogP contribution in [0.3, 0.4) is 0 Å². The van der Waals surface area contributed by atoms with Crippen LogP contribution in [-0.4, -0.2) is 27.1 Å². The van der Waals surface area contributed by atoms with E-state index >= 15 is 0 Å². The molecule has 5 heteroatoms. The molecule has 1 saturated carbocycles. The Bertz CT molecular complexity index is 602. The summed E-state index contributed by atoms with van der Waals surface area (Å²) in [6.07, 6.45) is 11.2. The van der Waals surface area contributed by atoms with Crippen LogP contribution in [0, 0.1) is 0 Å². The van der Waals surface area contributed by atoms with Gasteiger partial charge >= 0.3 is 0 Å². The van der Waals surface area contributed by atoms with Crippen molar-refractivity contribution in [2.45, 2.75) is 49.7 Å². The molecular formula is C16H21N3OS. The molecule has 0 unspecified atom stereocenters. The Morgan fingerprint density at radius 3 is 2.90 bits per heavy atom. The number of hydrogen-bond acceptors (Lipinski definition) is 3. The maximum atomic E-state index is 12.1. The summed E-state index contributed by atoms with van der Waals surface area (Å²) in [5.41, 5.74) is 1.06. The Balaban J connectivity index is 1.53. The predicted octanol–water partition coefficient (Wildman–Crippen LogP) is 3.27. The molecule has 3 rings (SSSR count). The van der Waals surface area contributed by atoms with Gasteiger partial charge in [-0.1, -0.05) is 43.5 Å². The zero-order chi connectivity index (χ0) is 14.5. The molecule has 112 valence electrons. The van der Waals surface area contributed by atoms with Crippen LogP contribution < -0.4 is 5.32 Å². The van der Waals surface area contributed by atoms with E-state index in [4.69, 9.17) is 0 Å². The number of rotatable bonds is 4. The van der Waals surface area contributed by atoms with Crippen LogP contribution in [0.25, 0.3) is 5.52 Å². The first-order valence-electron chi connectivity index (χ1n) is 7.67. The smallest absolute Gasteiger partial charge is 0.230 e. The third-order valence-electron chi connectivity index (χ3n) is 3.96.